The SMILES string of the molecule is Cc1c(NN)ccc(NC2=CC(=O)C(N(C)C)=CC2=O)c1C. The minimum absolute atomic E-state index is 0.193. The lowest BCUT2D eigenvalue weighted by Gasteiger charge is -2.20. The van der Waals surface area contributed by atoms with E-state index in [0.29, 0.717) is 5.70 Å². The summed E-state index contributed by atoms with van der Waals surface area (Å²) >= 11 is 0. The number of nitrogens with two attached hydrogens (primary N) is 1. The number of anilines is 2. The highest BCUT2D eigenvalue weighted by atomic mass is 16.1. The molecule has 0 heterocycles. The van der Waals surface area contributed by atoms with Gasteiger partial charge >= 0.3 is 0 Å². The Hall–Kier alpha value is -2.60. The molecule has 0 aromatic heterocycles. The summed E-state index contributed by atoms with van der Waals surface area (Å²) in [5.74, 6) is 5.03. The fourth-order valence-electron chi connectivity index (χ4n) is 2.25. The third-order valence-electron chi connectivity index (χ3n) is 3.75. The molecule has 1 aliphatic rings. The molecule has 4 N–H and O–H groups in total. The third kappa shape index (κ3) is 2.87. The lowest BCUT2D eigenvalue weighted by molar-refractivity contribution is -0.116. The van der Waals surface area contributed by atoms with E-state index in [2.05, 4.69) is 10.7 Å². The van der Waals surface area contributed by atoms with E-state index in [1.807, 2.05) is 26.0 Å². The van der Waals surface area contributed by atoms with Crippen molar-refractivity contribution in [2.45, 2.75) is 13.8 Å². The van der Waals surface area contributed by atoms with Crippen LogP contribution in [0.1, 0.15) is 11.1 Å². The Morgan fingerprint density at radius 1 is 0.955 bits per heavy atom. The van der Waals surface area contributed by atoms with Crippen LogP contribution in [0.25, 0.3) is 0 Å². The highest BCUT2D eigenvalue weighted by Gasteiger charge is 2.22. The van der Waals surface area contributed by atoms with Crippen LogP contribution < -0.4 is 16.6 Å². The Labute approximate surface area is 129 Å². The van der Waals surface area contributed by atoms with Crippen LogP contribution in [0.3, 0.4) is 0 Å². The number of hydrazine groups is 1. The van der Waals surface area contributed by atoms with Gasteiger partial charge in [-0.15, -0.1) is 0 Å². The Morgan fingerprint density at radius 3 is 2.14 bits per heavy atom. The van der Waals surface area contributed by atoms with E-state index >= 15 is 0 Å². The van der Waals surface area contributed by atoms with E-state index in [1.165, 1.54) is 12.2 Å². The Kier molecular flexibility index (Phi) is 4.32. The maximum Gasteiger partial charge on any atom is 0.204 e. The van der Waals surface area contributed by atoms with Crippen molar-refractivity contribution in [1.82, 2.24) is 4.90 Å². The number of nitrogens with zero attached hydrogens (tertiary/aromatic N) is 1. The van der Waals surface area contributed by atoms with E-state index in [1.54, 1.807) is 19.0 Å². The van der Waals surface area contributed by atoms with Crippen molar-refractivity contribution in [2.75, 3.05) is 24.8 Å². The van der Waals surface area contributed by atoms with Gasteiger partial charge in [0.2, 0.25) is 11.6 Å². The molecule has 0 fully saturated rings. The topological polar surface area (TPSA) is 87.5 Å². The molecule has 0 spiro atoms. The van der Waals surface area contributed by atoms with Gasteiger partial charge in [0.25, 0.3) is 0 Å². The van der Waals surface area contributed by atoms with Crippen LogP contribution in [0.5, 0.6) is 0 Å². The second-order valence-corrected chi connectivity index (χ2v) is 5.39. The second-order valence-electron chi connectivity index (χ2n) is 5.39. The van der Waals surface area contributed by atoms with Gasteiger partial charge in [0, 0.05) is 31.9 Å². The highest BCUT2D eigenvalue weighted by Crippen LogP contribution is 2.27. The Bertz CT molecular complexity index is 702. The number of nitrogen functional groups attached to an aromatic ring is 1. The second kappa shape index (κ2) is 6.03. The largest absolute Gasteiger partial charge is 0.374 e. The number of benzene rings is 1. The first kappa shape index (κ1) is 15.8. The Balaban J connectivity index is 2.30. The van der Waals surface area contributed by atoms with E-state index < -0.39 is 0 Å². The van der Waals surface area contributed by atoms with Crippen molar-refractivity contribution >= 4 is 22.9 Å². The van der Waals surface area contributed by atoms with Crippen molar-refractivity contribution in [1.29, 1.82) is 0 Å². The fourth-order valence-corrected chi connectivity index (χ4v) is 2.25. The lowest BCUT2D eigenvalue weighted by atomic mass is 10.0. The van der Waals surface area contributed by atoms with Gasteiger partial charge in [-0.1, -0.05) is 0 Å². The van der Waals surface area contributed by atoms with E-state index in [-0.39, 0.29) is 17.3 Å². The van der Waals surface area contributed by atoms with Gasteiger partial charge in [-0.2, -0.15) is 0 Å². The van der Waals surface area contributed by atoms with Gasteiger partial charge in [-0.25, -0.2) is 0 Å². The predicted octanol–water partition coefficient (Wildman–Crippen LogP) is 1.48. The molecule has 0 bridgehead atoms. The molecule has 0 atom stereocenters. The van der Waals surface area contributed by atoms with Gasteiger partial charge in [0.05, 0.1) is 17.1 Å². The number of ketones is 2. The van der Waals surface area contributed by atoms with Crippen molar-refractivity contribution in [2.24, 2.45) is 5.84 Å². The quantitative estimate of drug-likeness (QED) is 0.443. The van der Waals surface area contributed by atoms with Crippen molar-refractivity contribution in [3.05, 3.63) is 46.8 Å². The summed E-state index contributed by atoms with van der Waals surface area (Å²) in [5.41, 5.74) is 6.80. The van der Waals surface area contributed by atoms with Crippen LogP contribution in [-0.2, 0) is 9.59 Å². The van der Waals surface area contributed by atoms with Crippen LogP contribution in [0.2, 0.25) is 0 Å². The van der Waals surface area contributed by atoms with E-state index in [9.17, 15) is 9.59 Å². The maximum atomic E-state index is 12.2. The van der Waals surface area contributed by atoms with E-state index in [4.69, 9.17) is 5.84 Å². The van der Waals surface area contributed by atoms with Crippen LogP contribution in [0.15, 0.2) is 35.7 Å². The van der Waals surface area contributed by atoms with Crippen molar-refractivity contribution in [3.8, 4) is 0 Å². The molecule has 0 unspecified atom stereocenters. The molecule has 22 heavy (non-hydrogen) atoms. The predicted molar refractivity (Wildman–Crippen MR) is 87.2 cm³/mol. The molecule has 0 saturated heterocycles. The minimum Gasteiger partial charge on any atom is -0.374 e. The zero-order chi connectivity index (χ0) is 16.4. The summed E-state index contributed by atoms with van der Waals surface area (Å²) < 4.78 is 0. The summed E-state index contributed by atoms with van der Waals surface area (Å²) in [7, 11) is 3.46. The van der Waals surface area contributed by atoms with E-state index in [0.717, 1.165) is 22.5 Å². The van der Waals surface area contributed by atoms with Crippen molar-refractivity contribution in [3.63, 3.8) is 0 Å². The fraction of sp³-hybridized carbons (Fsp3) is 0.250. The molecule has 1 aromatic rings. The zero-order valence-corrected chi connectivity index (χ0v) is 13.2. The monoisotopic (exact) mass is 300 g/mol. The summed E-state index contributed by atoms with van der Waals surface area (Å²) in [6.45, 7) is 3.86. The van der Waals surface area contributed by atoms with Gasteiger partial charge in [0.15, 0.2) is 0 Å². The third-order valence-corrected chi connectivity index (χ3v) is 3.75. The molecule has 6 nitrogen and oxygen atoms in total. The zero-order valence-electron chi connectivity index (χ0n) is 13.2. The summed E-state index contributed by atoms with van der Waals surface area (Å²) in [5, 5.41) is 3.04. The molecule has 116 valence electrons. The standard InChI is InChI=1S/C16H20N4O2/c1-9-10(2)12(19-17)6-5-11(9)18-13-7-16(22)14(20(3)4)8-15(13)21/h5-8,18-19H,17H2,1-4H3. The number of carbonyl (C=O) groups is 2. The van der Waals surface area contributed by atoms with Crippen LogP contribution in [0.4, 0.5) is 11.4 Å². The molecular formula is C16H20N4O2. The smallest absolute Gasteiger partial charge is 0.204 e. The van der Waals surface area contributed by atoms with Gasteiger partial charge < -0.3 is 15.6 Å². The number of hydrogen-bond acceptors (Lipinski definition) is 6. The van der Waals surface area contributed by atoms with Crippen LogP contribution in [-0.4, -0.2) is 30.6 Å². The number of allylic oxidation sites excluding steroid dienone is 2. The van der Waals surface area contributed by atoms with Crippen LogP contribution >= 0.6 is 0 Å². The molecule has 1 aromatic carbocycles. The summed E-state index contributed by atoms with van der Waals surface area (Å²) in [4.78, 5) is 25.8. The molecule has 0 radical (unpaired) electrons. The lowest BCUT2D eigenvalue weighted by Crippen LogP contribution is -2.26. The number of nitrogens with one attached hydrogen (secondary N) is 2. The van der Waals surface area contributed by atoms with Gasteiger partial charge in [0.1, 0.15) is 0 Å². The van der Waals surface area contributed by atoms with Crippen molar-refractivity contribution < 1.29 is 9.59 Å². The molecule has 6 heteroatoms. The van der Waals surface area contributed by atoms with Crippen LogP contribution in [0, 0.1) is 13.8 Å². The number of rotatable bonds is 4. The van der Waals surface area contributed by atoms with Gasteiger partial charge in [-0.05, 0) is 37.1 Å². The molecular weight excluding hydrogens is 280 g/mol. The normalized spacial score (nSPS) is 14.4. The highest BCUT2D eigenvalue weighted by molar-refractivity contribution is 6.20. The number of likely N-dealkylation sites (N-methyl/N-ethyl adjacent to an activating group) is 1. The first-order valence-electron chi connectivity index (χ1n) is 6.88. The molecule has 1 aliphatic carbocycles. The molecule has 0 amide bonds. The minimum atomic E-state index is -0.221. The summed E-state index contributed by atoms with van der Waals surface area (Å²) in [6.07, 6.45) is 2.68. The average Bonchev–Trinajstić information content (AvgIpc) is 2.47. The molecule has 0 aliphatic heterocycles. The average molecular weight is 300 g/mol. The molecule has 2 rings (SSSR count). The van der Waals surface area contributed by atoms with Gasteiger partial charge in [-0.3, -0.25) is 15.4 Å². The first-order valence-corrected chi connectivity index (χ1v) is 6.88. The number of hydrogen-bond donors (Lipinski definition) is 3. The Morgan fingerprint density at radius 2 is 1.55 bits per heavy atom. The maximum absolute atomic E-state index is 12.2. The summed E-state index contributed by atoms with van der Waals surface area (Å²) in [6, 6.07) is 3.64. The first-order chi connectivity index (χ1) is 10.3. The molecule has 0 saturated carbocycles. The number of carbonyl (C=O) groups excluding carboxylic acids is 2.